The van der Waals surface area contributed by atoms with E-state index in [1.165, 1.54) is 6.42 Å². The largest absolute Gasteiger partial charge is 0.342 e. The average molecular weight is 355 g/mol. The molecule has 0 spiro atoms. The highest BCUT2D eigenvalue weighted by molar-refractivity contribution is 6.35. The molecule has 1 aromatic rings. The number of likely N-dealkylation sites (tertiary alicyclic amines) is 2. The Bertz CT molecular complexity index is 530. The second kappa shape index (κ2) is 7.87. The van der Waals surface area contributed by atoms with E-state index in [0.29, 0.717) is 5.91 Å². The van der Waals surface area contributed by atoms with Crippen LogP contribution in [0, 0.1) is 5.92 Å². The predicted molar refractivity (Wildman–Crippen MR) is 94.9 cm³/mol. The molecular formula is C18H24Cl2N2O. The minimum absolute atomic E-state index is 0.200. The lowest BCUT2D eigenvalue weighted by molar-refractivity contribution is -0.138. The minimum atomic E-state index is 0.200. The van der Waals surface area contributed by atoms with Crippen molar-refractivity contribution < 1.29 is 4.79 Å². The summed E-state index contributed by atoms with van der Waals surface area (Å²) in [6.45, 7) is 4.54. The van der Waals surface area contributed by atoms with Crippen molar-refractivity contribution >= 4 is 29.1 Å². The fourth-order valence-corrected chi connectivity index (χ4v) is 4.13. The third-order valence-corrected chi connectivity index (χ3v) is 5.76. The van der Waals surface area contributed by atoms with Crippen LogP contribution in [0.25, 0.3) is 0 Å². The summed E-state index contributed by atoms with van der Waals surface area (Å²) in [7, 11) is 0. The van der Waals surface area contributed by atoms with Gasteiger partial charge < -0.3 is 4.90 Å². The Labute approximate surface area is 148 Å². The van der Waals surface area contributed by atoms with Crippen LogP contribution in [0.15, 0.2) is 18.2 Å². The zero-order valence-electron chi connectivity index (χ0n) is 13.4. The summed E-state index contributed by atoms with van der Waals surface area (Å²) in [6, 6.07) is 5.64. The van der Waals surface area contributed by atoms with Crippen molar-refractivity contribution in [1.82, 2.24) is 9.80 Å². The van der Waals surface area contributed by atoms with Gasteiger partial charge in [0.2, 0.25) is 5.91 Å². The van der Waals surface area contributed by atoms with Crippen LogP contribution in [0.5, 0.6) is 0 Å². The molecule has 0 bridgehead atoms. The van der Waals surface area contributed by atoms with Crippen LogP contribution in [0.1, 0.15) is 37.7 Å². The summed E-state index contributed by atoms with van der Waals surface area (Å²) in [4.78, 5) is 17.0. The number of nitrogens with zero attached hydrogens (tertiary/aromatic N) is 2. The van der Waals surface area contributed by atoms with E-state index < -0.39 is 0 Å². The Morgan fingerprint density at radius 1 is 1.00 bits per heavy atom. The number of halogens is 2. The number of hydrogen-bond donors (Lipinski definition) is 0. The summed E-state index contributed by atoms with van der Waals surface area (Å²) in [5.41, 5.74) is 0.997. The van der Waals surface area contributed by atoms with Crippen molar-refractivity contribution in [3.05, 3.63) is 33.8 Å². The summed E-state index contributed by atoms with van der Waals surface area (Å²) < 4.78 is 0. The lowest BCUT2D eigenvalue weighted by Gasteiger charge is -2.35. The van der Waals surface area contributed by atoms with E-state index in [2.05, 4.69) is 9.80 Å². The number of carbonyl (C=O) groups excluding carboxylic acids is 1. The van der Waals surface area contributed by atoms with Gasteiger partial charge >= 0.3 is 0 Å². The molecule has 126 valence electrons. The first-order chi connectivity index (χ1) is 11.1. The van der Waals surface area contributed by atoms with Crippen LogP contribution in [0.3, 0.4) is 0 Å². The fourth-order valence-electron chi connectivity index (χ4n) is 3.62. The number of hydrogen-bond acceptors (Lipinski definition) is 2. The second-order valence-corrected chi connectivity index (χ2v) is 7.45. The van der Waals surface area contributed by atoms with Crippen LogP contribution in [0.4, 0.5) is 0 Å². The molecule has 0 aromatic heterocycles. The molecule has 2 fully saturated rings. The van der Waals surface area contributed by atoms with Gasteiger partial charge in [-0.15, -0.1) is 0 Å². The van der Waals surface area contributed by atoms with Crippen LogP contribution >= 0.6 is 23.2 Å². The highest BCUT2D eigenvalue weighted by atomic mass is 35.5. The van der Waals surface area contributed by atoms with E-state index in [1.807, 2.05) is 18.2 Å². The molecule has 0 atom stereocenters. The Morgan fingerprint density at radius 3 is 2.22 bits per heavy atom. The number of piperidine rings is 2. The third-order valence-electron chi connectivity index (χ3n) is 5.05. The topological polar surface area (TPSA) is 23.6 Å². The van der Waals surface area contributed by atoms with Gasteiger partial charge in [0.05, 0.1) is 0 Å². The van der Waals surface area contributed by atoms with Gasteiger partial charge in [-0.2, -0.15) is 0 Å². The molecule has 2 aliphatic rings. The van der Waals surface area contributed by atoms with Gasteiger partial charge in [-0.3, -0.25) is 9.69 Å². The van der Waals surface area contributed by atoms with Crippen molar-refractivity contribution in [1.29, 1.82) is 0 Å². The summed E-state index contributed by atoms with van der Waals surface area (Å²) in [5, 5.41) is 1.45. The monoisotopic (exact) mass is 354 g/mol. The minimum Gasteiger partial charge on any atom is -0.342 e. The Balaban J connectivity index is 1.53. The maximum Gasteiger partial charge on any atom is 0.225 e. The van der Waals surface area contributed by atoms with Crippen molar-refractivity contribution in [2.45, 2.75) is 38.6 Å². The quantitative estimate of drug-likeness (QED) is 0.811. The van der Waals surface area contributed by atoms with Crippen molar-refractivity contribution in [3.8, 4) is 0 Å². The molecule has 0 N–H and O–H groups in total. The molecule has 3 nitrogen and oxygen atoms in total. The summed E-state index contributed by atoms with van der Waals surface area (Å²) >= 11 is 12.5. The van der Waals surface area contributed by atoms with Gasteiger partial charge in [0.1, 0.15) is 0 Å². The van der Waals surface area contributed by atoms with Crippen LogP contribution in [-0.2, 0) is 11.3 Å². The number of amides is 1. The highest BCUT2D eigenvalue weighted by Gasteiger charge is 2.29. The first-order valence-corrected chi connectivity index (χ1v) is 9.35. The Kier molecular flexibility index (Phi) is 5.84. The normalized spacial score (nSPS) is 20.7. The predicted octanol–water partition coefficient (Wildman–Crippen LogP) is 4.22. The molecule has 5 heteroatoms. The van der Waals surface area contributed by atoms with E-state index in [0.717, 1.165) is 74.0 Å². The zero-order chi connectivity index (χ0) is 16.2. The van der Waals surface area contributed by atoms with E-state index in [1.54, 1.807) is 0 Å². The lowest BCUT2D eigenvalue weighted by atomic mass is 9.94. The molecule has 2 saturated heterocycles. The van der Waals surface area contributed by atoms with E-state index in [9.17, 15) is 4.79 Å². The van der Waals surface area contributed by atoms with Crippen LogP contribution in [-0.4, -0.2) is 41.9 Å². The fraction of sp³-hybridized carbons (Fsp3) is 0.611. The molecule has 1 amide bonds. The molecule has 23 heavy (non-hydrogen) atoms. The molecule has 2 aliphatic heterocycles. The average Bonchev–Trinajstić information content (AvgIpc) is 2.59. The van der Waals surface area contributed by atoms with E-state index in [4.69, 9.17) is 23.2 Å². The first kappa shape index (κ1) is 17.1. The SMILES string of the molecule is O=C(C1CCN(Cc2c(Cl)cccc2Cl)CC1)N1CCCCC1. The molecule has 0 aliphatic carbocycles. The van der Waals surface area contributed by atoms with Gasteiger partial charge in [-0.05, 0) is 57.3 Å². The molecule has 1 aromatic carbocycles. The second-order valence-electron chi connectivity index (χ2n) is 6.64. The van der Waals surface area contributed by atoms with Crippen molar-refractivity contribution in [2.24, 2.45) is 5.92 Å². The maximum atomic E-state index is 12.6. The van der Waals surface area contributed by atoms with Gasteiger partial charge in [0, 0.05) is 41.2 Å². The Morgan fingerprint density at radius 2 is 1.61 bits per heavy atom. The number of rotatable bonds is 3. The van der Waals surface area contributed by atoms with Crippen LogP contribution in [0.2, 0.25) is 10.0 Å². The molecule has 0 unspecified atom stereocenters. The molecule has 2 heterocycles. The lowest BCUT2D eigenvalue weighted by Crippen LogP contribution is -2.44. The van der Waals surface area contributed by atoms with E-state index >= 15 is 0 Å². The van der Waals surface area contributed by atoms with E-state index in [-0.39, 0.29) is 5.92 Å². The van der Waals surface area contributed by atoms with Gasteiger partial charge in [-0.25, -0.2) is 0 Å². The molecule has 3 rings (SSSR count). The molecular weight excluding hydrogens is 331 g/mol. The molecule has 0 radical (unpaired) electrons. The smallest absolute Gasteiger partial charge is 0.225 e. The standard InChI is InChI=1S/C18H24Cl2N2O/c19-16-5-4-6-17(20)15(16)13-21-11-7-14(8-12-21)18(23)22-9-2-1-3-10-22/h4-6,14H,1-3,7-13H2. The first-order valence-electron chi connectivity index (χ1n) is 8.59. The van der Waals surface area contributed by atoms with Crippen molar-refractivity contribution in [2.75, 3.05) is 26.2 Å². The van der Waals surface area contributed by atoms with Gasteiger partial charge in [0.25, 0.3) is 0 Å². The third kappa shape index (κ3) is 4.20. The highest BCUT2D eigenvalue weighted by Crippen LogP contribution is 2.28. The number of benzene rings is 1. The molecule has 0 saturated carbocycles. The summed E-state index contributed by atoms with van der Waals surface area (Å²) in [5.74, 6) is 0.575. The van der Waals surface area contributed by atoms with Crippen LogP contribution < -0.4 is 0 Å². The van der Waals surface area contributed by atoms with Gasteiger partial charge in [0.15, 0.2) is 0 Å². The maximum absolute atomic E-state index is 12.6. The van der Waals surface area contributed by atoms with Gasteiger partial charge in [-0.1, -0.05) is 29.3 Å². The number of carbonyl (C=O) groups is 1. The zero-order valence-corrected chi connectivity index (χ0v) is 15.0. The Hall–Kier alpha value is -0.770. The summed E-state index contributed by atoms with van der Waals surface area (Å²) in [6.07, 6.45) is 5.47. The van der Waals surface area contributed by atoms with Crippen molar-refractivity contribution in [3.63, 3.8) is 0 Å².